The number of nitrogen functional groups attached to an aromatic ring is 1. The van der Waals surface area contributed by atoms with Crippen LogP contribution in [0, 0.1) is 5.41 Å². The van der Waals surface area contributed by atoms with Crippen molar-refractivity contribution in [2.75, 3.05) is 0 Å². The van der Waals surface area contributed by atoms with Crippen LogP contribution in [0.15, 0.2) is 40.9 Å². The molecule has 1 aliphatic carbocycles. The van der Waals surface area contributed by atoms with Gasteiger partial charge in [0.15, 0.2) is 0 Å². The molecule has 3 nitrogen and oxygen atoms in total. The molecule has 0 radical (unpaired) electrons. The van der Waals surface area contributed by atoms with Gasteiger partial charge < -0.3 is 10.5 Å². The van der Waals surface area contributed by atoms with Crippen molar-refractivity contribution in [1.29, 1.82) is 5.41 Å². The van der Waals surface area contributed by atoms with Crippen molar-refractivity contribution in [2.45, 2.75) is 25.7 Å². The Morgan fingerprint density at radius 2 is 1.81 bits per heavy atom. The van der Waals surface area contributed by atoms with Gasteiger partial charge in [-0.3, -0.25) is 5.41 Å². The largest absolute Gasteiger partial charge is 0.456 e. The van der Waals surface area contributed by atoms with Crippen LogP contribution in [0.25, 0.3) is 0 Å². The van der Waals surface area contributed by atoms with Crippen molar-refractivity contribution < 1.29 is 4.74 Å². The van der Waals surface area contributed by atoms with Gasteiger partial charge in [0.2, 0.25) is 0 Å². The molecule has 0 spiro atoms. The molecule has 1 aliphatic rings. The highest BCUT2D eigenvalue weighted by Crippen LogP contribution is 2.32. The maximum Gasteiger partial charge on any atom is 0.141 e. The molecule has 0 amide bonds. The number of hydrogen-bond donors (Lipinski definition) is 2. The van der Waals surface area contributed by atoms with Crippen LogP contribution < -0.4 is 10.5 Å². The molecule has 0 aliphatic heterocycles. The van der Waals surface area contributed by atoms with E-state index in [0.717, 1.165) is 22.4 Å². The average Bonchev–Trinajstić information content (AvgIpc) is 2.49. The first kappa shape index (κ1) is 14.1. The van der Waals surface area contributed by atoms with E-state index in [-0.39, 0.29) is 5.84 Å². The van der Waals surface area contributed by atoms with Gasteiger partial charge in [-0.05, 0) is 83.1 Å². The number of fused-ring (bicyclic) bond motifs is 1. The predicted molar refractivity (Wildman–Crippen MR) is 88.3 cm³/mol. The molecule has 0 saturated heterocycles. The summed E-state index contributed by atoms with van der Waals surface area (Å²) >= 11 is 3.47. The molecule has 0 saturated carbocycles. The monoisotopic (exact) mass is 344 g/mol. The summed E-state index contributed by atoms with van der Waals surface area (Å²) in [5.74, 6) is 1.64. The van der Waals surface area contributed by atoms with Crippen LogP contribution in [0.5, 0.6) is 11.5 Å². The fourth-order valence-corrected chi connectivity index (χ4v) is 3.11. The van der Waals surface area contributed by atoms with Gasteiger partial charge in [0, 0.05) is 5.56 Å². The van der Waals surface area contributed by atoms with E-state index in [1.807, 2.05) is 12.1 Å². The third-order valence-electron chi connectivity index (χ3n) is 3.79. The van der Waals surface area contributed by atoms with Crippen molar-refractivity contribution in [3.05, 3.63) is 57.6 Å². The van der Waals surface area contributed by atoms with Crippen LogP contribution in [-0.4, -0.2) is 5.84 Å². The highest BCUT2D eigenvalue weighted by molar-refractivity contribution is 9.10. The first-order valence-corrected chi connectivity index (χ1v) is 7.86. The Bertz CT molecular complexity index is 697. The van der Waals surface area contributed by atoms with E-state index < -0.39 is 0 Å². The van der Waals surface area contributed by atoms with Crippen molar-refractivity contribution >= 4 is 21.8 Å². The summed E-state index contributed by atoms with van der Waals surface area (Å²) in [4.78, 5) is 0. The van der Waals surface area contributed by atoms with Crippen LogP contribution in [0.1, 0.15) is 29.5 Å². The van der Waals surface area contributed by atoms with Gasteiger partial charge >= 0.3 is 0 Å². The highest BCUT2D eigenvalue weighted by Gasteiger charge is 2.11. The van der Waals surface area contributed by atoms with Crippen molar-refractivity contribution in [2.24, 2.45) is 5.73 Å². The van der Waals surface area contributed by atoms with Gasteiger partial charge in [-0.15, -0.1) is 0 Å². The maximum absolute atomic E-state index is 7.44. The zero-order valence-electron chi connectivity index (χ0n) is 11.7. The average molecular weight is 345 g/mol. The first-order chi connectivity index (χ1) is 10.1. The summed E-state index contributed by atoms with van der Waals surface area (Å²) in [6, 6.07) is 11.8. The number of nitrogens with one attached hydrogen (secondary N) is 1. The van der Waals surface area contributed by atoms with Crippen LogP contribution in [-0.2, 0) is 12.8 Å². The van der Waals surface area contributed by atoms with Gasteiger partial charge in [0.25, 0.3) is 0 Å². The zero-order chi connectivity index (χ0) is 14.8. The SMILES string of the molecule is N=C(N)c1ccc(Oc2ccc3c(c2)CCCC3)c(Br)c1. The van der Waals surface area contributed by atoms with Crippen LogP contribution >= 0.6 is 15.9 Å². The molecule has 0 aromatic heterocycles. The Hall–Kier alpha value is -1.81. The van der Waals surface area contributed by atoms with E-state index in [9.17, 15) is 0 Å². The summed E-state index contributed by atoms with van der Waals surface area (Å²) in [5, 5.41) is 7.44. The van der Waals surface area contributed by atoms with E-state index in [4.69, 9.17) is 15.9 Å². The number of hydrogen-bond acceptors (Lipinski definition) is 2. The second-order valence-corrected chi connectivity index (χ2v) is 6.15. The van der Waals surface area contributed by atoms with E-state index in [0.29, 0.717) is 5.56 Å². The molecule has 21 heavy (non-hydrogen) atoms. The minimum atomic E-state index is 0.0519. The number of benzene rings is 2. The molecule has 3 rings (SSSR count). The van der Waals surface area contributed by atoms with Gasteiger partial charge in [-0.25, -0.2) is 0 Å². The normalized spacial score (nSPS) is 13.6. The fraction of sp³-hybridized carbons (Fsp3) is 0.235. The van der Waals surface area contributed by atoms with E-state index in [1.165, 1.54) is 30.4 Å². The van der Waals surface area contributed by atoms with Crippen LogP contribution in [0.2, 0.25) is 0 Å². The van der Waals surface area contributed by atoms with Gasteiger partial charge in [-0.2, -0.15) is 0 Å². The quantitative estimate of drug-likeness (QED) is 0.640. The molecule has 0 bridgehead atoms. The Balaban J connectivity index is 1.85. The highest BCUT2D eigenvalue weighted by atomic mass is 79.9. The number of nitrogens with two attached hydrogens (primary N) is 1. The summed E-state index contributed by atoms with van der Waals surface area (Å²) in [6.07, 6.45) is 4.85. The smallest absolute Gasteiger partial charge is 0.141 e. The van der Waals surface area contributed by atoms with Gasteiger partial charge in [-0.1, -0.05) is 6.07 Å². The van der Waals surface area contributed by atoms with Gasteiger partial charge in [0.05, 0.1) is 4.47 Å². The number of rotatable bonds is 3. The van der Waals surface area contributed by atoms with E-state index in [2.05, 4.69) is 28.1 Å². The third-order valence-corrected chi connectivity index (χ3v) is 4.41. The molecular weight excluding hydrogens is 328 g/mol. The minimum absolute atomic E-state index is 0.0519. The first-order valence-electron chi connectivity index (χ1n) is 7.07. The van der Waals surface area contributed by atoms with Crippen LogP contribution in [0.4, 0.5) is 0 Å². The Morgan fingerprint density at radius 1 is 1.05 bits per heavy atom. The van der Waals surface area contributed by atoms with Crippen molar-refractivity contribution in [3.63, 3.8) is 0 Å². The Kier molecular flexibility index (Phi) is 3.97. The lowest BCUT2D eigenvalue weighted by molar-refractivity contribution is 0.477. The van der Waals surface area contributed by atoms with Crippen molar-refractivity contribution in [3.8, 4) is 11.5 Å². The third kappa shape index (κ3) is 3.10. The lowest BCUT2D eigenvalue weighted by Gasteiger charge is -2.17. The maximum atomic E-state index is 7.44. The minimum Gasteiger partial charge on any atom is -0.456 e. The molecule has 0 atom stereocenters. The standard InChI is InChI=1S/C17H17BrN2O/c18-15-10-13(17(19)20)6-8-16(15)21-14-7-5-11-3-1-2-4-12(11)9-14/h5-10H,1-4H2,(H3,19,20). The molecule has 0 heterocycles. The molecule has 3 N–H and O–H groups in total. The number of aryl methyl sites for hydroxylation is 2. The van der Waals surface area contributed by atoms with Crippen molar-refractivity contribution in [1.82, 2.24) is 0 Å². The molecule has 0 fully saturated rings. The second-order valence-electron chi connectivity index (χ2n) is 5.30. The lowest BCUT2D eigenvalue weighted by atomic mass is 9.92. The molecule has 4 heteroatoms. The number of ether oxygens (including phenoxy) is 1. The van der Waals surface area contributed by atoms with Gasteiger partial charge in [0.1, 0.15) is 17.3 Å². The molecule has 2 aromatic rings. The lowest BCUT2D eigenvalue weighted by Crippen LogP contribution is -2.10. The summed E-state index contributed by atoms with van der Waals surface area (Å²) in [6.45, 7) is 0. The van der Waals surface area contributed by atoms with E-state index in [1.54, 1.807) is 12.1 Å². The Morgan fingerprint density at radius 3 is 2.52 bits per heavy atom. The second kappa shape index (κ2) is 5.90. The number of halogens is 1. The number of amidine groups is 1. The summed E-state index contributed by atoms with van der Waals surface area (Å²) in [7, 11) is 0. The summed E-state index contributed by atoms with van der Waals surface area (Å²) < 4.78 is 6.75. The predicted octanol–water partition coefficient (Wildman–Crippen LogP) is 4.40. The fourth-order valence-electron chi connectivity index (χ4n) is 2.65. The molecule has 2 aromatic carbocycles. The molecule has 108 valence electrons. The Labute approximate surface area is 132 Å². The van der Waals surface area contributed by atoms with E-state index >= 15 is 0 Å². The zero-order valence-corrected chi connectivity index (χ0v) is 13.2. The molecular formula is C17H17BrN2O. The molecule has 0 unspecified atom stereocenters. The topological polar surface area (TPSA) is 59.1 Å². The summed E-state index contributed by atoms with van der Waals surface area (Å²) in [5.41, 5.74) is 9.01. The van der Waals surface area contributed by atoms with Crippen LogP contribution in [0.3, 0.4) is 0 Å².